The zero-order valence-electron chi connectivity index (χ0n) is 12.8. The molecular formula is C17H20ClN3O2. The molecule has 5 nitrogen and oxygen atoms in total. The molecule has 6 heteroatoms. The van der Waals surface area contributed by atoms with Gasteiger partial charge in [0.05, 0.1) is 5.56 Å². The van der Waals surface area contributed by atoms with Crippen LogP contribution < -0.4 is 10.1 Å². The summed E-state index contributed by atoms with van der Waals surface area (Å²) in [5, 5.41) is 3.23. The van der Waals surface area contributed by atoms with E-state index in [1.807, 2.05) is 35.2 Å². The van der Waals surface area contributed by atoms with Gasteiger partial charge in [0.25, 0.3) is 5.91 Å². The number of benzene rings is 1. The van der Waals surface area contributed by atoms with Crippen LogP contribution >= 0.6 is 12.4 Å². The lowest BCUT2D eigenvalue weighted by Gasteiger charge is -2.27. The maximum Gasteiger partial charge on any atom is 0.255 e. The van der Waals surface area contributed by atoms with Crippen molar-refractivity contribution >= 4 is 18.3 Å². The highest BCUT2D eigenvalue weighted by Crippen LogP contribution is 2.12. The molecule has 1 aliphatic heterocycles. The average molecular weight is 334 g/mol. The molecule has 2 heterocycles. The van der Waals surface area contributed by atoms with Crippen LogP contribution in [0.3, 0.4) is 0 Å². The molecule has 1 amide bonds. The van der Waals surface area contributed by atoms with Gasteiger partial charge in [-0.05, 0) is 11.6 Å². The van der Waals surface area contributed by atoms with E-state index in [9.17, 15) is 4.79 Å². The smallest absolute Gasteiger partial charge is 0.255 e. The molecule has 1 saturated heterocycles. The second-order valence-corrected chi connectivity index (χ2v) is 5.20. The first kappa shape index (κ1) is 17.2. The van der Waals surface area contributed by atoms with E-state index in [2.05, 4.69) is 10.3 Å². The van der Waals surface area contributed by atoms with E-state index in [1.165, 1.54) is 0 Å². The van der Waals surface area contributed by atoms with E-state index in [1.54, 1.807) is 18.3 Å². The van der Waals surface area contributed by atoms with Crippen molar-refractivity contribution in [3.63, 3.8) is 0 Å². The van der Waals surface area contributed by atoms with Crippen LogP contribution in [0.2, 0.25) is 0 Å². The number of amides is 1. The van der Waals surface area contributed by atoms with Crippen LogP contribution in [0.25, 0.3) is 0 Å². The van der Waals surface area contributed by atoms with Crippen molar-refractivity contribution in [2.24, 2.45) is 0 Å². The minimum absolute atomic E-state index is 0. The summed E-state index contributed by atoms with van der Waals surface area (Å²) in [5.41, 5.74) is 1.69. The zero-order chi connectivity index (χ0) is 15.2. The molecule has 0 spiro atoms. The highest BCUT2D eigenvalue weighted by Gasteiger charge is 2.18. The number of nitrogens with zero attached hydrogens (tertiary/aromatic N) is 2. The molecular weight excluding hydrogens is 314 g/mol. The maximum absolute atomic E-state index is 12.3. The predicted octanol–water partition coefficient (Wildman–Crippen LogP) is 2.13. The van der Waals surface area contributed by atoms with Gasteiger partial charge in [0.15, 0.2) is 0 Å². The third-order valence-corrected chi connectivity index (χ3v) is 3.62. The first-order valence-electron chi connectivity index (χ1n) is 7.46. The zero-order valence-corrected chi connectivity index (χ0v) is 13.6. The monoisotopic (exact) mass is 333 g/mol. The number of hydrogen-bond donors (Lipinski definition) is 1. The standard InChI is InChI=1S/C17H19N3O2.ClH/c21-17(20-10-8-18-9-11-20)15-6-7-16(19-12-15)22-13-14-4-2-1-3-5-14;/h1-7,12,18H,8-11,13H2;1H. The Bertz CT molecular complexity index is 613. The summed E-state index contributed by atoms with van der Waals surface area (Å²) in [6.45, 7) is 3.64. The minimum Gasteiger partial charge on any atom is -0.473 e. The van der Waals surface area contributed by atoms with Gasteiger partial charge in [-0.1, -0.05) is 30.3 Å². The normalized spacial score (nSPS) is 14.0. The van der Waals surface area contributed by atoms with Crippen LogP contribution in [0.1, 0.15) is 15.9 Å². The SMILES string of the molecule is Cl.O=C(c1ccc(OCc2ccccc2)nc1)N1CCNCC1. The largest absolute Gasteiger partial charge is 0.473 e. The van der Waals surface area contributed by atoms with Crippen LogP contribution in [0.5, 0.6) is 5.88 Å². The van der Waals surface area contributed by atoms with Gasteiger partial charge in [0.1, 0.15) is 6.61 Å². The fourth-order valence-corrected chi connectivity index (χ4v) is 2.37. The fourth-order valence-electron chi connectivity index (χ4n) is 2.37. The molecule has 0 unspecified atom stereocenters. The molecule has 122 valence electrons. The quantitative estimate of drug-likeness (QED) is 0.931. The number of rotatable bonds is 4. The van der Waals surface area contributed by atoms with E-state index >= 15 is 0 Å². The van der Waals surface area contributed by atoms with E-state index in [-0.39, 0.29) is 18.3 Å². The van der Waals surface area contributed by atoms with Crippen molar-refractivity contribution < 1.29 is 9.53 Å². The summed E-state index contributed by atoms with van der Waals surface area (Å²) < 4.78 is 5.63. The number of piperazine rings is 1. The van der Waals surface area contributed by atoms with E-state index in [0.29, 0.717) is 18.1 Å². The molecule has 23 heavy (non-hydrogen) atoms. The fraction of sp³-hybridized carbons (Fsp3) is 0.294. The van der Waals surface area contributed by atoms with Crippen molar-refractivity contribution in [1.82, 2.24) is 15.2 Å². The van der Waals surface area contributed by atoms with Crippen LogP contribution in [-0.2, 0) is 6.61 Å². The molecule has 1 aromatic heterocycles. The molecule has 0 bridgehead atoms. The minimum atomic E-state index is 0. The molecule has 1 aliphatic rings. The lowest BCUT2D eigenvalue weighted by Crippen LogP contribution is -2.46. The van der Waals surface area contributed by atoms with Gasteiger partial charge in [-0.2, -0.15) is 0 Å². The molecule has 0 radical (unpaired) electrons. The molecule has 1 N–H and O–H groups in total. The molecule has 1 fully saturated rings. The third kappa shape index (κ3) is 4.68. The van der Waals surface area contributed by atoms with Crippen LogP contribution in [-0.4, -0.2) is 42.0 Å². The van der Waals surface area contributed by atoms with E-state index in [0.717, 1.165) is 31.7 Å². The predicted molar refractivity (Wildman–Crippen MR) is 91.0 cm³/mol. The lowest BCUT2D eigenvalue weighted by molar-refractivity contribution is 0.0735. The number of carbonyl (C=O) groups is 1. The van der Waals surface area contributed by atoms with Crippen molar-refractivity contribution in [3.8, 4) is 5.88 Å². The summed E-state index contributed by atoms with van der Waals surface area (Å²) in [6, 6.07) is 13.4. The molecule has 0 aliphatic carbocycles. The Hall–Kier alpha value is -2.11. The molecule has 0 saturated carbocycles. The van der Waals surface area contributed by atoms with Gasteiger partial charge in [-0.25, -0.2) is 4.98 Å². The molecule has 0 atom stereocenters. The molecule has 2 aromatic rings. The van der Waals surface area contributed by atoms with Crippen molar-refractivity contribution in [3.05, 3.63) is 59.8 Å². The Morgan fingerprint density at radius 1 is 1.13 bits per heavy atom. The number of halogens is 1. The Morgan fingerprint density at radius 2 is 1.87 bits per heavy atom. The Labute approximate surface area is 142 Å². The van der Waals surface area contributed by atoms with Crippen LogP contribution in [0.4, 0.5) is 0 Å². The Balaban J connectivity index is 0.00000192. The van der Waals surface area contributed by atoms with Gasteiger partial charge in [0.2, 0.25) is 5.88 Å². The lowest BCUT2D eigenvalue weighted by atomic mass is 10.2. The number of nitrogens with one attached hydrogen (secondary N) is 1. The highest BCUT2D eigenvalue weighted by molar-refractivity contribution is 5.94. The Kier molecular flexibility index (Phi) is 6.38. The first-order valence-corrected chi connectivity index (χ1v) is 7.46. The summed E-state index contributed by atoms with van der Waals surface area (Å²) in [7, 11) is 0. The molecule has 3 rings (SSSR count). The van der Waals surface area contributed by atoms with Crippen molar-refractivity contribution in [2.45, 2.75) is 6.61 Å². The number of hydrogen-bond acceptors (Lipinski definition) is 4. The number of carbonyl (C=O) groups excluding carboxylic acids is 1. The number of aromatic nitrogens is 1. The highest BCUT2D eigenvalue weighted by atomic mass is 35.5. The second-order valence-electron chi connectivity index (χ2n) is 5.20. The van der Waals surface area contributed by atoms with Gasteiger partial charge < -0.3 is 15.0 Å². The third-order valence-electron chi connectivity index (χ3n) is 3.62. The summed E-state index contributed by atoms with van der Waals surface area (Å²) >= 11 is 0. The first-order chi connectivity index (χ1) is 10.8. The summed E-state index contributed by atoms with van der Waals surface area (Å²) in [6.07, 6.45) is 1.59. The van der Waals surface area contributed by atoms with Gasteiger partial charge in [-0.15, -0.1) is 12.4 Å². The van der Waals surface area contributed by atoms with Gasteiger partial charge in [0, 0.05) is 38.4 Å². The maximum atomic E-state index is 12.3. The number of ether oxygens (including phenoxy) is 1. The van der Waals surface area contributed by atoms with Gasteiger partial charge >= 0.3 is 0 Å². The van der Waals surface area contributed by atoms with E-state index in [4.69, 9.17) is 4.74 Å². The van der Waals surface area contributed by atoms with Gasteiger partial charge in [-0.3, -0.25) is 4.79 Å². The van der Waals surface area contributed by atoms with Crippen molar-refractivity contribution in [1.29, 1.82) is 0 Å². The van der Waals surface area contributed by atoms with Crippen LogP contribution in [0.15, 0.2) is 48.7 Å². The molecule has 1 aromatic carbocycles. The average Bonchev–Trinajstić information content (AvgIpc) is 2.61. The van der Waals surface area contributed by atoms with Crippen LogP contribution in [0, 0.1) is 0 Å². The summed E-state index contributed by atoms with van der Waals surface area (Å²) in [5.74, 6) is 0.560. The summed E-state index contributed by atoms with van der Waals surface area (Å²) in [4.78, 5) is 18.4. The van der Waals surface area contributed by atoms with E-state index < -0.39 is 0 Å². The van der Waals surface area contributed by atoms with Crippen molar-refractivity contribution in [2.75, 3.05) is 26.2 Å². The Morgan fingerprint density at radius 3 is 2.52 bits per heavy atom. The number of pyridine rings is 1. The second kappa shape index (κ2) is 8.50. The topological polar surface area (TPSA) is 54.5 Å².